The van der Waals surface area contributed by atoms with E-state index >= 15 is 0 Å². The highest BCUT2D eigenvalue weighted by Crippen LogP contribution is 2.38. The lowest BCUT2D eigenvalue weighted by Gasteiger charge is -2.15. The first-order valence-electron chi connectivity index (χ1n) is 11.6. The lowest BCUT2D eigenvalue weighted by molar-refractivity contribution is 1.06. The Morgan fingerprint density at radius 3 is 2.18 bits per heavy atom. The summed E-state index contributed by atoms with van der Waals surface area (Å²) < 4.78 is 5.00. The lowest BCUT2D eigenvalue weighted by atomic mass is 10.1. The van der Waals surface area contributed by atoms with Gasteiger partial charge in [-0.3, -0.25) is 4.57 Å². The van der Waals surface area contributed by atoms with Gasteiger partial charge in [-0.15, -0.1) is 11.3 Å². The Hall–Kier alpha value is -3.95. The highest BCUT2D eigenvalue weighted by atomic mass is 32.1. The van der Waals surface area contributed by atoms with Gasteiger partial charge < -0.3 is 0 Å². The number of imidazole rings is 1. The summed E-state index contributed by atoms with van der Waals surface area (Å²) in [6.45, 7) is 4.38. The van der Waals surface area contributed by atoms with Crippen LogP contribution in [0.5, 0.6) is 0 Å². The van der Waals surface area contributed by atoms with Gasteiger partial charge in [0.05, 0.1) is 16.7 Å². The van der Waals surface area contributed by atoms with Crippen LogP contribution in [0.4, 0.5) is 0 Å². The molecule has 0 bridgehead atoms. The Labute approximate surface area is 201 Å². The first-order chi connectivity index (χ1) is 16.7. The molecule has 0 spiro atoms. The molecule has 0 radical (unpaired) electrons. The van der Waals surface area contributed by atoms with Crippen molar-refractivity contribution in [2.24, 2.45) is 0 Å². The van der Waals surface area contributed by atoms with Gasteiger partial charge in [0.1, 0.15) is 5.82 Å². The SMILES string of the molecule is Cc1cccc(C)c1-n1c(-c2ccc3sc4ccccc4c3c2)nc2cc3ccccc3cc21. The largest absolute Gasteiger partial charge is 0.292 e. The highest BCUT2D eigenvalue weighted by Gasteiger charge is 2.19. The van der Waals surface area contributed by atoms with Gasteiger partial charge in [0.15, 0.2) is 0 Å². The van der Waals surface area contributed by atoms with Crippen LogP contribution in [0.1, 0.15) is 11.1 Å². The van der Waals surface area contributed by atoms with E-state index < -0.39 is 0 Å². The van der Waals surface area contributed by atoms with E-state index in [0.29, 0.717) is 0 Å². The Morgan fingerprint density at radius 2 is 1.35 bits per heavy atom. The molecule has 162 valence electrons. The fourth-order valence-electron chi connectivity index (χ4n) is 5.21. The smallest absolute Gasteiger partial charge is 0.145 e. The Morgan fingerprint density at radius 1 is 0.647 bits per heavy atom. The summed E-state index contributed by atoms with van der Waals surface area (Å²) in [6.07, 6.45) is 0. The minimum atomic E-state index is 0.986. The second-order valence-corrected chi connectivity index (χ2v) is 10.1. The zero-order valence-corrected chi connectivity index (χ0v) is 19.9. The summed E-state index contributed by atoms with van der Waals surface area (Å²) in [7, 11) is 0. The van der Waals surface area contributed by atoms with Gasteiger partial charge in [0, 0.05) is 25.7 Å². The van der Waals surface area contributed by atoms with E-state index in [1.54, 1.807) is 0 Å². The molecule has 0 atom stereocenters. The average molecular weight is 455 g/mol. The molecule has 3 heteroatoms. The molecule has 0 fully saturated rings. The van der Waals surface area contributed by atoms with E-state index in [2.05, 4.69) is 115 Å². The summed E-state index contributed by atoms with van der Waals surface area (Å²) in [6, 6.07) is 35.0. The van der Waals surface area contributed by atoms with E-state index in [1.807, 2.05) is 11.3 Å². The van der Waals surface area contributed by atoms with E-state index in [4.69, 9.17) is 4.98 Å². The standard InChI is InChI=1S/C31H22N2S/c1-19-8-7-9-20(2)30(19)33-27-18-22-11-4-3-10-21(22)17-26(27)32-31(33)23-14-15-29-25(16-23)24-12-5-6-13-28(24)34-29/h3-18H,1-2H3. The lowest BCUT2D eigenvalue weighted by Crippen LogP contribution is -2.02. The highest BCUT2D eigenvalue weighted by molar-refractivity contribution is 7.25. The molecule has 0 unspecified atom stereocenters. The van der Waals surface area contributed by atoms with Gasteiger partial charge in [0.2, 0.25) is 0 Å². The minimum Gasteiger partial charge on any atom is -0.292 e. The molecule has 0 amide bonds. The van der Waals surface area contributed by atoms with Crippen molar-refractivity contribution in [1.29, 1.82) is 0 Å². The number of para-hydroxylation sites is 1. The molecule has 0 aliphatic rings. The van der Waals surface area contributed by atoms with Crippen molar-refractivity contribution < 1.29 is 0 Å². The summed E-state index contributed by atoms with van der Waals surface area (Å²) in [4.78, 5) is 5.23. The van der Waals surface area contributed by atoms with Gasteiger partial charge in [-0.25, -0.2) is 4.98 Å². The quantitative estimate of drug-likeness (QED) is 0.255. The normalized spacial score (nSPS) is 11.8. The molecular weight excluding hydrogens is 432 g/mol. The Kier molecular flexibility index (Phi) is 4.18. The van der Waals surface area contributed by atoms with Crippen LogP contribution in [-0.2, 0) is 0 Å². The molecule has 2 nitrogen and oxygen atoms in total. The Bertz CT molecular complexity index is 1870. The fraction of sp³-hybridized carbons (Fsp3) is 0.0645. The molecule has 2 aromatic heterocycles. The minimum absolute atomic E-state index is 0.986. The first-order valence-corrected chi connectivity index (χ1v) is 12.4. The average Bonchev–Trinajstić information content (AvgIpc) is 3.40. The molecule has 0 saturated heterocycles. The number of fused-ring (bicyclic) bond motifs is 5. The van der Waals surface area contributed by atoms with Gasteiger partial charge in [0.25, 0.3) is 0 Å². The van der Waals surface area contributed by atoms with Gasteiger partial charge in [-0.05, 0) is 72.1 Å². The molecular formula is C31H22N2S. The van der Waals surface area contributed by atoms with Crippen molar-refractivity contribution >= 4 is 53.3 Å². The molecule has 0 aliphatic carbocycles. The van der Waals surface area contributed by atoms with Gasteiger partial charge in [-0.1, -0.05) is 60.7 Å². The monoisotopic (exact) mass is 454 g/mol. The second-order valence-electron chi connectivity index (χ2n) is 9.01. The van der Waals surface area contributed by atoms with E-state index in [0.717, 1.165) is 22.4 Å². The van der Waals surface area contributed by atoms with Crippen LogP contribution in [0, 0.1) is 13.8 Å². The zero-order chi connectivity index (χ0) is 22.8. The van der Waals surface area contributed by atoms with Gasteiger partial charge in [-0.2, -0.15) is 0 Å². The first kappa shape index (κ1) is 19.5. The summed E-state index contributed by atoms with van der Waals surface area (Å²) in [5, 5.41) is 5.05. The summed E-state index contributed by atoms with van der Waals surface area (Å²) >= 11 is 1.85. The number of nitrogens with zero attached hydrogens (tertiary/aromatic N) is 2. The van der Waals surface area contributed by atoms with Crippen molar-refractivity contribution in [2.45, 2.75) is 13.8 Å². The van der Waals surface area contributed by atoms with Crippen LogP contribution < -0.4 is 0 Å². The van der Waals surface area contributed by atoms with E-state index in [1.165, 1.54) is 47.8 Å². The molecule has 0 N–H and O–H groups in total. The maximum absolute atomic E-state index is 5.23. The maximum atomic E-state index is 5.23. The Balaban J connectivity index is 1.60. The number of thiophene rings is 1. The van der Waals surface area contributed by atoms with E-state index in [9.17, 15) is 0 Å². The number of hydrogen-bond acceptors (Lipinski definition) is 2. The van der Waals surface area contributed by atoms with Crippen LogP contribution in [-0.4, -0.2) is 9.55 Å². The van der Waals surface area contributed by atoms with Crippen molar-refractivity contribution in [2.75, 3.05) is 0 Å². The molecule has 0 aliphatic heterocycles. The number of aromatic nitrogens is 2. The maximum Gasteiger partial charge on any atom is 0.145 e. The third-order valence-electron chi connectivity index (χ3n) is 6.82. The number of rotatable bonds is 2. The zero-order valence-electron chi connectivity index (χ0n) is 19.0. The molecule has 5 aromatic carbocycles. The van der Waals surface area contributed by atoms with Gasteiger partial charge >= 0.3 is 0 Å². The molecule has 7 rings (SSSR count). The molecule has 0 saturated carbocycles. The van der Waals surface area contributed by atoms with Crippen LogP contribution in [0.2, 0.25) is 0 Å². The predicted octanol–water partition coefficient (Wildman–Crippen LogP) is 8.83. The van der Waals surface area contributed by atoms with E-state index in [-0.39, 0.29) is 0 Å². The fourth-order valence-corrected chi connectivity index (χ4v) is 6.29. The molecule has 34 heavy (non-hydrogen) atoms. The topological polar surface area (TPSA) is 17.8 Å². The number of aryl methyl sites for hydroxylation is 2. The van der Waals surface area contributed by atoms with Crippen molar-refractivity contribution in [1.82, 2.24) is 9.55 Å². The van der Waals surface area contributed by atoms with Crippen molar-refractivity contribution in [3.8, 4) is 17.1 Å². The van der Waals surface area contributed by atoms with Crippen LogP contribution in [0.3, 0.4) is 0 Å². The number of benzene rings is 5. The molecule has 2 heterocycles. The number of hydrogen-bond donors (Lipinski definition) is 0. The predicted molar refractivity (Wildman–Crippen MR) is 146 cm³/mol. The van der Waals surface area contributed by atoms with Crippen LogP contribution >= 0.6 is 11.3 Å². The van der Waals surface area contributed by atoms with Crippen LogP contribution in [0.25, 0.3) is 59.1 Å². The molecule has 7 aromatic rings. The third kappa shape index (κ3) is 2.84. The second kappa shape index (κ2) is 7.28. The third-order valence-corrected chi connectivity index (χ3v) is 7.97. The summed E-state index contributed by atoms with van der Waals surface area (Å²) in [5.74, 6) is 0.986. The summed E-state index contributed by atoms with van der Waals surface area (Å²) in [5.41, 5.74) is 7.00. The van der Waals surface area contributed by atoms with Crippen LogP contribution in [0.15, 0.2) is 97.1 Å². The van der Waals surface area contributed by atoms with Crippen molar-refractivity contribution in [3.05, 3.63) is 108 Å². The van der Waals surface area contributed by atoms with Crippen molar-refractivity contribution in [3.63, 3.8) is 0 Å².